The highest BCUT2D eigenvalue weighted by Gasteiger charge is 2.02. The number of hydrogen-bond donors (Lipinski definition) is 2. The molecule has 0 aliphatic rings. The van der Waals surface area contributed by atoms with Crippen molar-refractivity contribution in [3.8, 4) is 0 Å². The van der Waals surface area contributed by atoms with E-state index in [1.54, 1.807) is 18.2 Å². The number of rotatable bonds is 5. The standard InChI is InChI=1S/C11H12ClNO3/c12-7-10(14)13-9-3-1-2-8(6-9)4-5-11(15)16/h1-3,6H,4-5,7H2,(H,13,14)(H,15,16). The first-order chi connectivity index (χ1) is 7.61. The van der Waals surface area contributed by atoms with Gasteiger partial charge in [0.1, 0.15) is 5.88 Å². The van der Waals surface area contributed by atoms with Crippen LogP contribution in [0.15, 0.2) is 24.3 Å². The van der Waals surface area contributed by atoms with Crippen molar-refractivity contribution in [3.05, 3.63) is 29.8 Å². The van der Waals surface area contributed by atoms with Gasteiger partial charge < -0.3 is 10.4 Å². The maximum absolute atomic E-state index is 11.0. The molecule has 0 aromatic heterocycles. The van der Waals surface area contributed by atoms with Gasteiger partial charge in [-0.2, -0.15) is 0 Å². The molecule has 1 aromatic carbocycles. The molecular formula is C11H12ClNO3. The second-order valence-corrected chi connectivity index (χ2v) is 3.54. The predicted molar refractivity (Wildman–Crippen MR) is 61.7 cm³/mol. The fraction of sp³-hybridized carbons (Fsp3) is 0.273. The van der Waals surface area contributed by atoms with Gasteiger partial charge in [-0.3, -0.25) is 9.59 Å². The highest BCUT2D eigenvalue weighted by Crippen LogP contribution is 2.12. The summed E-state index contributed by atoms with van der Waals surface area (Å²) in [4.78, 5) is 21.4. The van der Waals surface area contributed by atoms with Crippen molar-refractivity contribution in [2.75, 3.05) is 11.2 Å². The quantitative estimate of drug-likeness (QED) is 0.774. The second kappa shape index (κ2) is 6.12. The van der Waals surface area contributed by atoms with E-state index >= 15 is 0 Å². The van der Waals surface area contributed by atoms with Crippen molar-refractivity contribution in [2.24, 2.45) is 0 Å². The van der Waals surface area contributed by atoms with Crippen molar-refractivity contribution in [1.29, 1.82) is 0 Å². The average molecular weight is 242 g/mol. The molecule has 2 N–H and O–H groups in total. The van der Waals surface area contributed by atoms with E-state index in [0.29, 0.717) is 12.1 Å². The molecular weight excluding hydrogens is 230 g/mol. The minimum absolute atomic E-state index is 0.0763. The minimum Gasteiger partial charge on any atom is -0.481 e. The molecule has 0 heterocycles. The van der Waals surface area contributed by atoms with Crippen molar-refractivity contribution < 1.29 is 14.7 Å². The van der Waals surface area contributed by atoms with Crippen molar-refractivity contribution in [2.45, 2.75) is 12.8 Å². The smallest absolute Gasteiger partial charge is 0.303 e. The van der Waals surface area contributed by atoms with Gasteiger partial charge >= 0.3 is 5.97 Å². The van der Waals surface area contributed by atoms with Crippen LogP contribution in [0, 0.1) is 0 Å². The second-order valence-electron chi connectivity index (χ2n) is 3.28. The fourth-order valence-corrected chi connectivity index (χ4v) is 1.32. The number of aryl methyl sites for hydroxylation is 1. The Balaban J connectivity index is 2.63. The lowest BCUT2D eigenvalue weighted by Crippen LogP contribution is -2.12. The number of carbonyl (C=O) groups excluding carboxylic acids is 1. The van der Waals surface area contributed by atoms with E-state index in [4.69, 9.17) is 16.7 Å². The molecule has 0 aliphatic carbocycles. The van der Waals surface area contributed by atoms with Crippen LogP contribution in [0.5, 0.6) is 0 Å². The van der Waals surface area contributed by atoms with E-state index in [1.165, 1.54) is 0 Å². The Morgan fingerprint density at radius 2 is 2.12 bits per heavy atom. The summed E-state index contributed by atoms with van der Waals surface area (Å²) in [6, 6.07) is 7.06. The van der Waals surface area contributed by atoms with Crippen LogP contribution in [0.25, 0.3) is 0 Å². The van der Waals surface area contributed by atoms with Gasteiger partial charge in [0.15, 0.2) is 0 Å². The molecule has 4 nitrogen and oxygen atoms in total. The van der Waals surface area contributed by atoms with Gasteiger partial charge in [0, 0.05) is 12.1 Å². The van der Waals surface area contributed by atoms with Crippen LogP contribution < -0.4 is 5.32 Å². The molecule has 1 amide bonds. The number of halogens is 1. The molecule has 0 spiro atoms. The zero-order chi connectivity index (χ0) is 12.0. The number of hydrogen-bond acceptors (Lipinski definition) is 2. The lowest BCUT2D eigenvalue weighted by atomic mass is 10.1. The number of carboxylic acids is 1. The van der Waals surface area contributed by atoms with Gasteiger partial charge in [0.25, 0.3) is 0 Å². The number of nitrogens with one attached hydrogen (secondary N) is 1. The number of carboxylic acid groups (broad SMARTS) is 1. The predicted octanol–water partition coefficient (Wildman–Crippen LogP) is 1.88. The van der Waals surface area contributed by atoms with Crippen LogP contribution in [0.3, 0.4) is 0 Å². The number of alkyl halides is 1. The zero-order valence-electron chi connectivity index (χ0n) is 8.57. The van der Waals surface area contributed by atoms with Crippen LogP contribution in [0.4, 0.5) is 5.69 Å². The molecule has 0 unspecified atom stereocenters. The maximum Gasteiger partial charge on any atom is 0.303 e. The monoisotopic (exact) mass is 241 g/mol. The lowest BCUT2D eigenvalue weighted by Gasteiger charge is -2.05. The number of carbonyl (C=O) groups is 2. The van der Waals surface area contributed by atoms with Crippen molar-refractivity contribution >= 4 is 29.2 Å². The molecule has 0 aliphatic heterocycles. The van der Waals surface area contributed by atoms with E-state index in [1.807, 2.05) is 6.07 Å². The average Bonchev–Trinajstić information content (AvgIpc) is 2.26. The van der Waals surface area contributed by atoms with Gasteiger partial charge in [-0.1, -0.05) is 12.1 Å². The van der Waals surface area contributed by atoms with E-state index < -0.39 is 5.97 Å². The zero-order valence-corrected chi connectivity index (χ0v) is 9.33. The minimum atomic E-state index is -0.838. The summed E-state index contributed by atoms with van der Waals surface area (Å²) in [6.45, 7) is 0. The molecule has 0 saturated heterocycles. The normalized spacial score (nSPS) is 9.81. The summed E-state index contributed by atoms with van der Waals surface area (Å²) in [7, 11) is 0. The molecule has 0 fully saturated rings. The third-order valence-electron chi connectivity index (χ3n) is 1.96. The first kappa shape index (κ1) is 12.5. The van der Waals surface area contributed by atoms with Crippen molar-refractivity contribution in [3.63, 3.8) is 0 Å². The first-order valence-electron chi connectivity index (χ1n) is 4.78. The van der Waals surface area contributed by atoms with Gasteiger partial charge in [-0.25, -0.2) is 0 Å². The maximum atomic E-state index is 11.0. The summed E-state index contributed by atoms with van der Waals surface area (Å²) in [6.07, 6.45) is 0.521. The molecule has 5 heteroatoms. The highest BCUT2D eigenvalue weighted by molar-refractivity contribution is 6.29. The Labute approximate surface area is 98.2 Å². The molecule has 1 aromatic rings. The van der Waals surface area contributed by atoms with Gasteiger partial charge in [0.2, 0.25) is 5.91 Å². The summed E-state index contributed by atoms with van der Waals surface area (Å²) < 4.78 is 0. The molecule has 0 saturated carbocycles. The largest absolute Gasteiger partial charge is 0.481 e. The van der Waals surface area contributed by atoms with E-state index in [0.717, 1.165) is 5.56 Å². The Kier molecular flexibility index (Phi) is 4.79. The number of aliphatic carboxylic acids is 1. The van der Waals surface area contributed by atoms with E-state index in [9.17, 15) is 9.59 Å². The molecule has 1 rings (SSSR count). The molecule has 0 atom stereocenters. The van der Waals surface area contributed by atoms with Crippen LogP contribution in [0.2, 0.25) is 0 Å². The molecule has 0 bridgehead atoms. The molecule has 16 heavy (non-hydrogen) atoms. The van der Waals surface area contributed by atoms with E-state index in [2.05, 4.69) is 5.32 Å². The van der Waals surface area contributed by atoms with Crippen LogP contribution in [-0.4, -0.2) is 22.9 Å². The topological polar surface area (TPSA) is 66.4 Å². The Bertz CT molecular complexity index is 393. The lowest BCUT2D eigenvalue weighted by molar-refractivity contribution is -0.137. The highest BCUT2D eigenvalue weighted by atomic mass is 35.5. The van der Waals surface area contributed by atoms with Crippen LogP contribution in [0.1, 0.15) is 12.0 Å². The first-order valence-corrected chi connectivity index (χ1v) is 5.32. The van der Waals surface area contributed by atoms with Gasteiger partial charge in [-0.15, -0.1) is 11.6 Å². The molecule has 0 radical (unpaired) electrons. The fourth-order valence-electron chi connectivity index (χ4n) is 1.25. The van der Waals surface area contributed by atoms with Crippen molar-refractivity contribution in [1.82, 2.24) is 0 Å². The van der Waals surface area contributed by atoms with E-state index in [-0.39, 0.29) is 18.2 Å². The summed E-state index contributed by atoms with van der Waals surface area (Å²) >= 11 is 5.35. The number of anilines is 1. The Morgan fingerprint density at radius 3 is 2.75 bits per heavy atom. The summed E-state index contributed by atoms with van der Waals surface area (Å²) in [5.74, 6) is -1.22. The molecule has 86 valence electrons. The SMILES string of the molecule is O=C(O)CCc1cccc(NC(=O)CCl)c1. The van der Waals surface area contributed by atoms with Gasteiger partial charge in [0.05, 0.1) is 0 Å². The third-order valence-corrected chi connectivity index (χ3v) is 2.20. The number of benzene rings is 1. The Hall–Kier alpha value is -1.55. The van der Waals surface area contributed by atoms with Gasteiger partial charge in [-0.05, 0) is 24.1 Å². The van der Waals surface area contributed by atoms with Crippen LogP contribution in [-0.2, 0) is 16.0 Å². The van der Waals surface area contributed by atoms with Crippen LogP contribution >= 0.6 is 11.6 Å². The summed E-state index contributed by atoms with van der Waals surface area (Å²) in [5.41, 5.74) is 1.50. The summed E-state index contributed by atoms with van der Waals surface area (Å²) in [5, 5.41) is 11.1. The Morgan fingerprint density at radius 1 is 1.38 bits per heavy atom. The third kappa shape index (κ3) is 4.31. The number of amides is 1.